The van der Waals surface area contributed by atoms with E-state index in [1.54, 1.807) is 6.20 Å². The van der Waals surface area contributed by atoms with Gasteiger partial charge in [-0.05, 0) is 18.3 Å². The number of aliphatic carboxylic acids is 1. The molecule has 1 aliphatic rings. The molecule has 0 bridgehead atoms. The quantitative estimate of drug-likeness (QED) is 0.774. The van der Waals surface area contributed by atoms with Crippen LogP contribution >= 0.6 is 0 Å². The minimum Gasteiger partial charge on any atom is -0.480 e. The third-order valence-corrected chi connectivity index (χ3v) is 3.75. The van der Waals surface area contributed by atoms with E-state index in [2.05, 4.69) is 15.3 Å². The van der Waals surface area contributed by atoms with Crippen LogP contribution in [-0.2, 0) is 11.3 Å². The van der Waals surface area contributed by atoms with E-state index in [1.807, 2.05) is 13.8 Å². The van der Waals surface area contributed by atoms with Crippen molar-refractivity contribution in [3.8, 4) is 0 Å². The summed E-state index contributed by atoms with van der Waals surface area (Å²) < 4.78 is 0. The Morgan fingerprint density at radius 3 is 2.95 bits per heavy atom. The van der Waals surface area contributed by atoms with Gasteiger partial charge < -0.3 is 20.3 Å². The summed E-state index contributed by atoms with van der Waals surface area (Å²) in [6, 6.07) is -1.14. The van der Waals surface area contributed by atoms with Crippen LogP contribution in [0.3, 0.4) is 0 Å². The number of aromatic amines is 1. The molecule has 7 heteroatoms. The van der Waals surface area contributed by atoms with Crippen LogP contribution in [0.25, 0.3) is 0 Å². The van der Waals surface area contributed by atoms with E-state index in [0.717, 1.165) is 18.5 Å². The number of carboxylic acids is 1. The topological polar surface area (TPSA) is 98.3 Å². The molecule has 1 aromatic heterocycles. The Morgan fingerprint density at radius 1 is 1.60 bits per heavy atom. The Hall–Kier alpha value is -2.05. The van der Waals surface area contributed by atoms with Gasteiger partial charge in [-0.1, -0.05) is 13.8 Å². The van der Waals surface area contributed by atoms with E-state index < -0.39 is 17.4 Å². The Morgan fingerprint density at radius 2 is 2.35 bits per heavy atom. The summed E-state index contributed by atoms with van der Waals surface area (Å²) in [6.45, 7) is 4.55. The first kappa shape index (κ1) is 14.4. The molecule has 2 amide bonds. The normalized spacial score (nSPS) is 21.5. The van der Waals surface area contributed by atoms with Crippen molar-refractivity contribution in [2.45, 2.75) is 39.3 Å². The third-order valence-electron chi connectivity index (χ3n) is 3.75. The van der Waals surface area contributed by atoms with E-state index in [0.29, 0.717) is 13.1 Å². The SMILES string of the molecule is CC1(C)CCCN(C(=O)NCc2cnc[nH]2)C1C(=O)O. The smallest absolute Gasteiger partial charge is 0.327 e. The summed E-state index contributed by atoms with van der Waals surface area (Å²) in [4.78, 5) is 31.9. The van der Waals surface area contributed by atoms with Crippen molar-refractivity contribution in [1.29, 1.82) is 0 Å². The number of nitrogens with zero attached hydrogens (tertiary/aromatic N) is 2. The van der Waals surface area contributed by atoms with Gasteiger partial charge in [0, 0.05) is 12.7 Å². The lowest BCUT2D eigenvalue weighted by Gasteiger charge is -2.43. The summed E-state index contributed by atoms with van der Waals surface area (Å²) in [5, 5.41) is 12.1. The molecule has 0 aliphatic carbocycles. The monoisotopic (exact) mass is 280 g/mol. The lowest BCUT2D eigenvalue weighted by Crippen LogP contribution is -2.58. The van der Waals surface area contributed by atoms with Gasteiger partial charge in [-0.2, -0.15) is 0 Å². The largest absolute Gasteiger partial charge is 0.480 e. The van der Waals surface area contributed by atoms with E-state index in [4.69, 9.17) is 0 Å². The molecule has 2 heterocycles. The molecule has 20 heavy (non-hydrogen) atoms. The maximum absolute atomic E-state index is 12.2. The summed E-state index contributed by atoms with van der Waals surface area (Å²) in [7, 11) is 0. The number of carbonyl (C=O) groups excluding carboxylic acids is 1. The average molecular weight is 280 g/mol. The molecule has 1 atom stereocenters. The van der Waals surface area contributed by atoms with Crippen molar-refractivity contribution >= 4 is 12.0 Å². The van der Waals surface area contributed by atoms with Crippen molar-refractivity contribution in [2.24, 2.45) is 5.41 Å². The molecule has 1 aliphatic heterocycles. The van der Waals surface area contributed by atoms with Crippen molar-refractivity contribution < 1.29 is 14.7 Å². The highest BCUT2D eigenvalue weighted by Gasteiger charge is 2.44. The van der Waals surface area contributed by atoms with Gasteiger partial charge in [0.15, 0.2) is 0 Å². The molecule has 1 fully saturated rings. The van der Waals surface area contributed by atoms with Gasteiger partial charge in [0.1, 0.15) is 6.04 Å². The van der Waals surface area contributed by atoms with Crippen LogP contribution in [0, 0.1) is 5.41 Å². The molecular formula is C13H20N4O3. The number of imidazole rings is 1. The Kier molecular flexibility index (Phi) is 3.96. The van der Waals surface area contributed by atoms with Crippen LogP contribution in [0.2, 0.25) is 0 Å². The van der Waals surface area contributed by atoms with Crippen molar-refractivity contribution in [3.05, 3.63) is 18.2 Å². The van der Waals surface area contributed by atoms with Crippen LogP contribution in [0.1, 0.15) is 32.4 Å². The molecule has 1 unspecified atom stereocenters. The predicted molar refractivity (Wildman–Crippen MR) is 72.0 cm³/mol. The molecule has 0 spiro atoms. The Balaban J connectivity index is 2.04. The predicted octanol–water partition coefficient (Wildman–Crippen LogP) is 1.19. The number of hydrogen-bond donors (Lipinski definition) is 3. The van der Waals surface area contributed by atoms with Crippen molar-refractivity contribution in [2.75, 3.05) is 6.54 Å². The summed E-state index contributed by atoms with van der Waals surface area (Å²) in [5.74, 6) is -0.952. The third kappa shape index (κ3) is 2.92. The number of rotatable bonds is 3. The fourth-order valence-corrected chi connectivity index (χ4v) is 2.73. The highest BCUT2D eigenvalue weighted by Crippen LogP contribution is 2.35. The fourth-order valence-electron chi connectivity index (χ4n) is 2.73. The number of nitrogens with one attached hydrogen (secondary N) is 2. The molecule has 7 nitrogen and oxygen atoms in total. The Bertz CT molecular complexity index is 484. The molecule has 1 saturated heterocycles. The first-order chi connectivity index (χ1) is 9.42. The van der Waals surface area contributed by atoms with E-state index >= 15 is 0 Å². The van der Waals surface area contributed by atoms with Crippen molar-refractivity contribution in [1.82, 2.24) is 20.2 Å². The molecule has 0 saturated carbocycles. The highest BCUT2D eigenvalue weighted by molar-refractivity contribution is 5.83. The number of hydrogen-bond acceptors (Lipinski definition) is 3. The molecule has 0 radical (unpaired) electrons. The summed E-state index contributed by atoms with van der Waals surface area (Å²) >= 11 is 0. The van der Waals surface area contributed by atoms with Crippen LogP contribution < -0.4 is 5.32 Å². The number of H-pyrrole nitrogens is 1. The standard InChI is InChI=1S/C13H20N4O3/c1-13(2)4-3-5-17(10(13)11(18)19)12(20)15-7-9-6-14-8-16-9/h6,8,10H,3-5,7H2,1-2H3,(H,14,16)(H,15,20)(H,18,19). The number of aromatic nitrogens is 2. The maximum Gasteiger partial charge on any atom is 0.327 e. The lowest BCUT2D eigenvalue weighted by atomic mass is 9.76. The van der Waals surface area contributed by atoms with Crippen LogP contribution in [0.15, 0.2) is 12.5 Å². The second-order valence-corrected chi connectivity index (χ2v) is 5.76. The molecule has 110 valence electrons. The summed E-state index contributed by atoms with van der Waals surface area (Å²) in [5.41, 5.74) is 0.358. The minimum absolute atomic E-state index is 0.308. The van der Waals surface area contributed by atoms with E-state index in [1.165, 1.54) is 11.2 Å². The maximum atomic E-state index is 12.2. The first-order valence-corrected chi connectivity index (χ1v) is 6.66. The van der Waals surface area contributed by atoms with Gasteiger partial charge >= 0.3 is 12.0 Å². The van der Waals surface area contributed by atoms with Crippen LogP contribution in [0.5, 0.6) is 0 Å². The van der Waals surface area contributed by atoms with Gasteiger partial charge in [0.25, 0.3) is 0 Å². The van der Waals surface area contributed by atoms with Gasteiger partial charge in [-0.3, -0.25) is 0 Å². The minimum atomic E-state index is -0.952. The summed E-state index contributed by atoms with van der Waals surface area (Å²) in [6.07, 6.45) is 4.77. The second-order valence-electron chi connectivity index (χ2n) is 5.76. The molecular weight excluding hydrogens is 260 g/mol. The van der Waals surface area contributed by atoms with E-state index in [-0.39, 0.29) is 6.03 Å². The number of piperidine rings is 1. The van der Waals surface area contributed by atoms with Gasteiger partial charge in [-0.15, -0.1) is 0 Å². The number of likely N-dealkylation sites (tertiary alicyclic amines) is 1. The highest BCUT2D eigenvalue weighted by atomic mass is 16.4. The number of urea groups is 1. The van der Waals surface area contributed by atoms with E-state index in [9.17, 15) is 14.7 Å². The second kappa shape index (κ2) is 5.52. The average Bonchev–Trinajstić information content (AvgIpc) is 2.86. The van der Waals surface area contributed by atoms with Crippen LogP contribution in [0.4, 0.5) is 4.79 Å². The molecule has 2 rings (SSSR count). The lowest BCUT2D eigenvalue weighted by molar-refractivity contribution is -0.148. The Labute approximate surface area is 117 Å². The van der Waals surface area contributed by atoms with Gasteiger partial charge in [0.2, 0.25) is 0 Å². The zero-order valence-electron chi connectivity index (χ0n) is 11.7. The fraction of sp³-hybridized carbons (Fsp3) is 0.615. The molecule has 0 aromatic carbocycles. The number of carbonyl (C=O) groups is 2. The molecule has 1 aromatic rings. The number of carboxylic acid groups (broad SMARTS) is 1. The number of amides is 2. The van der Waals surface area contributed by atoms with Crippen molar-refractivity contribution in [3.63, 3.8) is 0 Å². The van der Waals surface area contributed by atoms with Gasteiger partial charge in [-0.25, -0.2) is 14.6 Å². The van der Waals surface area contributed by atoms with Crippen LogP contribution in [-0.4, -0.2) is 44.6 Å². The first-order valence-electron chi connectivity index (χ1n) is 6.66. The molecule has 3 N–H and O–H groups in total. The van der Waals surface area contributed by atoms with Gasteiger partial charge in [0.05, 0.1) is 18.6 Å². The zero-order chi connectivity index (χ0) is 14.8. The zero-order valence-corrected chi connectivity index (χ0v) is 11.7.